The van der Waals surface area contributed by atoms with E-state index in [0.29, 0.717) is 0 Å². The smallest absolute Gasteiger partial charge is 0.134 e. The second-order valence-corrected chi connectivity index (χ2v) is 1.80. The summed E-state index contributed by atoms with van der Waals surface area (Å²) in [7, 11) is 0. The maximum absolute atomic E-state index is 5.07. The Labute approximate surface area is 52.9 Å². The van der Waals surface area contributed by atoms with Crippen molar-refractivity contribution in [2.45, 2.75) is 0 Å². The van der Waals surface area contributed by atoms with Crippen molar-refractivity contribution in [3.05, 3.63) is 36.6 Å². The van der Waals surface area contributed by atoms with Crippen LogP contribution < -0.4 is 0 Å². The molecule has 1 nitrogen and oxygen atoms in total. The van der Waals surface area contributed by atoms with Crippen LogP contribution in [0.5, 0.6) is 0 Å². The monoisotopic (exact) mass is 116 g/mol. The van der Waals surface area contributed by atoms with Gasteiger partial charge in [-0.1, -0.05) is 0 Å². The van der Waals surface area contributed by atoms with Gasteiger partial charge in [0.05, 0.1) is 6.26 Å². The molecule has 1 aromatic heterocycles. The minimum Gasteiger partial charge on any atom is -0.464 e. The van der Waals surface area contributed by atoms with Crippen molar-refractivity contribution in [2.24, 2.45) is 0 Å². The lowest BCUT2D eigenvalue weighted by Gasteiger charge is -1.80. The van der Waals surface area contributed by atoms with Crippen LogP contribution in [0.15, 0.2) is 28.9 Å². The first-order valence-corrected chi connectivity index (χ1v) is 2.72. The fourth-order valence-corrected chi connectivity index (χ4v) is 0.790. The minimum absolute atomic E-state index is 0.869. The molecule has 0 aliphatic carbocycles. The number of furan rings is 1. The molecule has 0 aliphatic heterocycles. The zero-order valence-corrected chi connectivity index (χ0v) is 4.72. The highest BCUT2D eigenvalue weighted by atomic mass is 16.3. The van der Waals surface area contributed by atoms with E-state index in [1.807, 2.05) is 12.1 Å². The zero-order valence-electron chi connectivity index (χ0n) is 4.72. The van der Waals surface area contributed by atoms with Crippen LogP contribution in [0.25, 0.3) is 11.0 Å². The van der Waals surface area contributed by atoms with Gasteiger partial charge in [-0.15, -0.1) is 0 Å². The Morgan fingerprint density at radius 1 is 1.33 bits per heavy atom. The van der Waals surface area contributed by atoms with Crippen LogP contribution in [0, 0.1) is 12.1 Å². The summed E-state index contributed by atoms with van der Waals surface area (Å²) in [5, 5.41) is 0.984. The molecule has 2 rings (SSSR count). The minimum atomic E-state index is 0.869. The fraction of sp³-hybridized carbons (Fsp3) is 0. The zero-order chi connectivity index (χ0) is 6.10. The number of benzene rings is 1. The van der Waals surface area contributed by atoms with Gasteiger partial charge < -0.3 is 4.42 Å². The molecular weight excluding hydrogens is 112 g/mol. The molecule has 0 saturated carbocycles. The Balaban J connectivity index is 2.95. The van der Waals surface area contributed by atoms with Crippen molar-refractivity contribution in [3.63, 3.8) is 0 Å². The molecule has 1 heteroatoms. The fourth-order valence-electron chi connectivity index (χ4n) is 0.790. The molecule has 0 fully saturated rings. The molecule has 0 atom stereocenters. The van der Waals surface area contributed by atoms with E-state index in [1.165, 1.54) is 0 Å². The average Bonchev–Trinajstić information content (AvgIpc) is 2.33. The van der Waals surface area contributed by atoms with Gasteiger partial charge in [-0.05, 0) is 24.3 Å². The lowest BCUT2D eigenvalue weighted by atomic mass is 10.3. The normalized spacial score (nSPS) is 10.2. The molecule has 2 radical (unpaired) electrons. The van der Waals surface area contributed by atoms with E-state index in [0.717, 1.165) is 11.0 Å². The molecule has 9 heavy (non-hydrogen) atoms. The molecule has 2 aromatic rings. The molecule has 1 heterocycles. The Morgan fingerprint density at radius 3 is 3.22 bits per heavy atom. The van der Waals surface area contributed by atoms with Crippen LogP contribution in [0.1, 0.15) is 0 Å². The molecule has 0 unspecified atom stereocenters. The van der Waals surface area contributed by atoms with E-state index in [-0.39, 0.29) is 0 Å². The number of hydrogen-bond donors (Lipinski definition) is 0. The quantitative estimate of drug-likeness (QED) is 0.513. The standard InChI is InChI=1S/C8H4O/c1-2-4-8-7(3-1)5-6-9-8/h2,4-6H. The summed E-state index contributed by atoms with van der Waals surface area (Å²) in [4.78, 5) is 0. The van der Waals surface area contributed by atoms with Crippen LogP contribution in [-0.2, 0) is 0 Å². The molecule has 1 aromatic carbocycles. The van der Waals surface area contributed by atoms with Gasteiger partial charge in [-0.25, -0.2) is 0 Å². The SMILES string of the molecule is [c]1[c]c2ccoc2cc1. The van der Waals surface area contributed by atoms with E-state index in [9.17, 15) is 0 Å². The third-order valence-electron chi connectivity index (χ3n) is 1.22. The van der Waals surface area contributed by atoms with Crippen molar-refractivity contribution in [1.29, 1.82) is 0 Å². The Bertz CT molecular complexity index is 279. The summed E-state index contributed by atoms with van der Waals surface area (Å²) in [6.07, 6.45) is 1.65. The second-order valence-electron chi connectivity index (χ2n) is 1.80. The van der Waals surface area contributed by atoms with Gasteiger partial charge in [0.25, 0.3) is 0 Å². The van der Waals surface area contributed by atoms with Gasteiger partial charge in [0, 0.05) is 11.5 Å². The van der Waals surface area contributed by atoms with Crippen LogP contribution in [0.3, 0.4) is 0 Å². The van der Waals surface area contributed by atoms with Crippen LogP contribution in [-0.4, -0.2) is 0 Å². The largest absolute Gasteiger partial charge is 0.464 e. The highest BCUT2D eigenvalue weighted by Crippen LogP contribution is 2.11. The third-order valence-corrected chi connectivity index (χ3v) is 1.22. The molecule has 0 spiro atoms. The lowest BCUT2D eigenvalue weighted by Crippen LogP contribution is -1.59. The van der Waals surface area contributed by atoms with E-state index < -0.39 is 0 Å². The molecular formula is C8H4O. The molecule has 0 N–H and O–H groups in total. The van der Waals surface area contributed by atoms with Gasteiger partial charge in [-0.3, -0.25) is 0 Å². The van der Waals surface area contributed by atoms with Crippen LogP contribution in [0.2, 0.25) is 0 Å². The highest BCUT2D eigenvalue weighted by Gasteiger charge is 1.90. The van der Waals surface area contributed by atoms with Gasteiger partial charge in [0.2, 0.25) is 0 Å². The van der Waals surface area contributed by atoms with Crippen molar-refractivity contribution in [1.82, 2.24) is 0 Å². The molecule has 0 saturated heterocycles. The summed E-state index contributed by atoms with van der Waals surface area (Å²) < 4.78 is 5.07. The van der Waals surface area contributed by atoms with Gasteiger partial charge in [0.1, 0.15) is 5.58 Å². The Morgan fingerprint density at radius 2 is 2.33 bits per heavy atom. The first kappa shape index (κ1) is 4.62. The average molecular weight is 116 g/mol. The van der Waals surface area contributed by atoms with E-state index >= 15 is 0 Å². The maximum Gasteiger partial charge on any atom is 0.134 e. The van der Waals surface area contributed by atoms with E-state index in [2.05, 4.69) is 12.1 Å². The van der Waals surface area contributed by atoms with Crippen LogP contribution in [0.4, 0.5) is 0 Å². The maximum atomic E-state index is 5.07. The van der Waals surface area contributed by atoms with E-state index in [1.54, 1.807) is 12.3 Å². The first-order valence-electron chi connectivity index (χ1n) is 2.72. The predicted octanol–water partition coefficient (Wildman–Crippen LogP) is 2.03. The summed E-state index contributed by atoms with van der Waals surface area (Å²) in [5.74, 6) is 0. The first-order chi connectivity index (χ1) is 4.47. The van der Waals surface area contributed by atoms with Crippen molar-refractivity contribution >= 4 is 11.0 Å². The predicted molar refractivity (Wildman–Crippen MR) is 33.9 cm³/mol. The number of fused-ring (bicyclic) bond motifs is 1. The summed E-state index contributed by atoms with van der Waals surface area (Å²) >= 11 is 0. The molecule has 0 aliphatic rings. The third kappa shape index (κ3) is 0.617. The summed E-state index contributed by atoms with van der Waals surface area (Å²) in [5.41, 5.74) is 0.869. The highest BCUT2D eigenvalue weighted by molar-refractivity contribution is 5.75. The molecule has 42 valence electrons. The number of hydrogen-bond acceptors (Lipinski definition) is 1. The van der Waals surface area contributed by atoms with Crippen LogP contribution >= 0.6 is 0 Å². The topological polar surface area (TPSA) is 13.1 Å². The number of rotatable bonds is 0. The van der Waals surface area contributed by atoms with E-state index in [4.69, 9.17) is 4.42 Å². The van der Waals surface area contributed by atoms with Gasteiger partial charge in [-0.2, -0.15) is 0 Å². The van der Waals surface area contributed by atoms with Crippen molar-refractivity contribution in [3.8, 4) is 0 Å². The summed E-state index contributed by atoms with van der Waals surface area (Å²) in [6, 6.07) is 11.3. The molecule has 0 bridgehead atoms. The van der Waals surface area contributed by atoms with Gasteiger partial charge in [0.15, 0.2) is 0 Å². The molecule has 0 amide bonds. The van der Waals surface area contributed by atoms with Crippen molar-refractivity contribution < 1.29 is 4.42 Å². The Kier molecular flexibility index (Phi) is 0.833. The van der Waals surface area contributed by atoms with Gasteiger partial charge >= 0.3 is 0 Å². The Hall–Kier alpha value is -1.24. The lowest BCUT2D eigenvalue weighted by molar-refractivity contribution is 0.616. The van der Waals surface area contributed by atoms with Crippen molar-refractivity contribution in [2.75, 3.05) is 0 Å². The summed E-state index contributed by atoms with van der Waals surface area (Å²) in [6.45, 7) is 0. The second kappa shape index (κ2) is 1.62.